The van der Waals surface area contributed by atoms with E-state index in [1.165, 1.54) is 12.4 Å². The van der Waals surface area contributed by atoms with Crippen molar-refractivity contribution in [2.24, 2.45) is 10.2 Å². The summed E-state index contributed by atoms with van der Waals surface area (Å²) in [5.74, 6) is -1.86. The van der Waals surface area contributed by atoms with Crippen LogP contribution in [0.4, 0.5) is 0 Å². The third-order valence-electron chi connectivity index (χ3n) is 3.51. The first kappa shape index (κ1) is 20.2. The Balaban J connectivity index is 2.08. The van der Waals surface area contributed by atoms with Crippen LogP contribution >= 0.6 is 0 Å². The van der Waals surface area contributed by atoms with Gasteiger partial charge in [-0.15, -0.1) is 0 Å². The quantitative estimate of drug-likeness (QED) is 0.160. The molecule has 0 aliphatic rings. The molecule has 8 N–H and O–H groups in total. The van der Waals surface area contributed by atoms with E-state index in [1.807, 2.05) is 0 Å². The molecule has 10 heteroatoms. The van der Waals surface area contributed by atoms with Gasteiger partial charge in [0.15, 0.2) is 23.0 Å². The number of hydrazone groups is 2. The molecule has 0 radical (unpaired) electrons. The highest BCUT2D eigenvalue weighted by atomic mass is 16.3. The topological polar surface area (TPSA) is 170 Å². The lowest BCUT2D eigenvalue weighted by molar-refractivity contribution is 0.396. The van der Waals surface area contributed by atoms with Crippen LogP contribution in [0.5, 0.6) is 34.5 Å². The highest BCUT2D eigenvalue weighted by molar-refractivity contribution is 5.85. The van der Waals surface area contributed by atoms with E-state index in [4.69, 9.17) is 0 Å². The largest absolute Gasteiger partial charge is 0.507 e. The maximum atomic E-state index is 9.72. The summed E-state index contributed by atoms with van der Waals surface area (Å²) < 4.78 is 0. The maximum Gasteiger partial charge on any atom is 0.161 e. The van der Waals surface area contributed by atoms with Crippen LogP contribution in [-0.2, 0) is 0 Å². The monoisotopic (exact) mass is 388 g/mol. The molecule has 0 saturated carbocycles. The number of phenols is 6. The van der Waals surface area contributed by atoms with E-state index in [-0.39, 0.29) is 22.6 Å². The van der Waals surface area contributed by atoms with Crippen molar-refractivity contribution < 1.29 is 30.6 Å². The number of nitrogens with one attached hydrogen (secondary N) is 2. The zero-order valence-electron chi connectivity index (χ0n) is 15.0. The van der Waals surface area contributed by atoms with Gasteiger partial charge in [-0.05, 0) is 31.6 Å². The van der Waals surface area contributed by atoms with Gasteiger partial charge in [0, 0.05) is 23.3 Å². The van der Waals surface area contributed by atoms with Gasteiger partial charge in [-0.3, -0.25) is 10.9 Å². The average molecular weight is 388 g/mol. The number of phenolic OH excluding ortho intramolecular Hbond substituents is 6. The second-order valence-electron chi connectivity index (χ2n) is 5.91. The van der Waals surface area contributed by atoms with Crippen molar-refractivity contribution in [3.8, 4) is 34.5 Å². The number of hydrogen-bond acceptors (Lipinski definition) is 10. The Morgan fingerprint density at radius 1 is 0.643 bits per heavy atom. The number of aromatic hydroxyl groups is 6. The Bertz CT molecular complexity index is 894. The van der Waals surface area contributed by atoms with Crippen LogP contribution in [0.3, 0.4) is 0 Å². The average Bonchev–Trinajstić information content (AvgIpc) is 2.61. The van der Waals surface area contributed by atoms with Crippen molar-refractivity contribution in [3.63, 3.8) is 0 Å². The lowest BCUT2D eigenvalue weighted by Gasteiger charge is -2.08. The lowest BCUT2D eigenvalue weighted by Crippen LogP contribution is -2.20. The van der Waals surface area contributed by atoms with Crippen molar-refractivity contribution >= 4 is 12.4 Å². The normalized spacial score (nSPS) is 11.1. The molecule has 0 atom stereocenters. The van der Waals surface area contributed by atoms with Crippen molar-refractivity contribution in [2.45, 2.75) is 13.8 Å². The highest BCUT2D eigenvalue weighted by Crippen LogP contribution is 2.32. The fraction of sp³-hybridized carbons (Fsp3) is 0.111. The molecule has 2 aromatic rings. The Morgan fingerprint density at radius 3 is 1.36 bits per heavy atom. The number of allylic oxidation sites excluding steroid dienone is 1. The van der Waals surface area contributed by atoms with E-state index in [9.17, 15) is 30.6 Å². The molecule has 28 heavy (non-hydrogen) atoms. The third-order valence-corrected chi connectivity index (χ3v) is 3.51. The molecule has 0 heterocycles. The first-order valence-electron chi connectivity index (χ1n) is 7.94. The van der Waals surface area contributed by atoms with Crippen LogP contribution in [0.2, 0.25) is 0 Å². The summed E-state index contributed by atoms with van der Waals surface area (Å²) in [5.41, 5.74) is 6.44. The smallest absolute Gasteiger partial charge is 0.161 e. The molecular weight excluding hydrogens is 368 g/mol. The number of benzene rings is 2. The summed E-state index contributed by atoms with van der Waals surface area (Å²) in [6, 6.07) is 4.26. The molecule has 0 bridgehead atoms. The van der Waals surface area contributed by atoms with E-state index < -0.39 is 23.0 Å². The zero-order chi connectivity index (χ0) is 20.8. The van der Waals surface area contributed by atoms with E-state index in [0.717, 1.165) is 29.8 Å². The van der Waals surface area contributed by atoms with Gasteiger partial charge in [-0.2, -0.15) is 10.2 Å². The van der Waals surface area contributed by atoms with Gasteiger partial charge in [-0.25, -0.2) is 0 Å². The summed E-state index contributed by atoms with van der Waals surface area (Å²) in [4.78, 5) is 0. The molecule has 148 valence electrons. The third kappa shape index (κ3) is 4.97. The Kier molecular flexibility index (Phi) is 6.17. The summed E-state index contributed by atoms with van der Waals surface area (Å²) in [5, 5.41) is 64.8. The van der Waals surface area contributed by atoms with Gasteiger partial charge in [0.1, 0.15) is 17.3 Å². The summed E-state index contributed by atoms with van der Waals surface area (Å²) in [6.07, 6.45) is 2.46. The van der Waals surface area contributed by atoms with Gasteiger partial charge in [-0.1, -0.05) is 0 Å². The molecule has 0 fully saturated rings. The van der Waals surface area contributed by atoms with Crippen LogP contribution < -0.4 is 10.9 Å². The van der Waals surface area contributed by atoms with Crippen molar-refractivity contribution in [1.82, 2.24) is 10.9 Å². The van der Waals surface area contributed by atoms with Gasteiger partial charge in [0.2, 0.25) is 0 Å². The van der Waals surface area contributed by atoms with E-state index in [2.05, 4.69) is 21.1 Å². The van der Waals surface area contributed by atoms with Crippen LogP contribution in [0.25, 0.3) is 0 Å². The van der Waals surface area contributed by atoms with Crippen molar-refractivity contribution in [2.75, 3.05) is 0 Å². The Hall–Kier alpha value is -4.08. The van der Waals surface area contributed by atoms with Crippen molar-refractivity contribution in [1.29, 1.82) is 0 Å². The molecular formula is C18H20N4O6. The second kappa shape index (κ2) is 8.54. The molecule has 0 spiro atoms. The molecule has 0 aliphatic carbocycles. The Labute approximate surface area is 160 Å². The lowest BCUT2D eigenvalue weighted by atomic mass is 10.2. The van der Waals surface area contributed by atoms with Crippen LogP contribution in [-0.4, -0.2) is 43.1 Å². The fourth-order valence-corrected chi connectivity index (χ4v) is 1.95. The van der Waals surface area contributed by atoms with Crippen LogP contribution in [0.15, 0.2) is 45.9 Å². The zero-order valence-corrected chi connectivity index (χ0v) is 15.0. The van der Waals surface area contributed by atoms with Crippen molar-refractivity contribution in [3.05, 3.63) is 46.8 Å². The summed E-state index contributed by atoms with van der Waals surface area (Å²) >= 11 is 0. The standard InChI is InChI=1S/C18H20N4O6/c1-9(2)18(21-19-7-10-3-14(25)16(27)5-12(10)23)22-20-8-11-4-15(26)17(28)6-13(11)24/h3-8,21-28H,1-2H3/b19-7+,20-8+. The predicted octanol–water partition coefficient (Wildman–Crippen LogP) is 1.72. The van der Waals surface area contributed by atoms with Gasteiger partial charge < -0.3 is 30.6 Å². The van der Waals surface area contributed by atoms with Gasteiger partial charge >= 0.3 is 0 Å². The maximum absolute atomic E-state index is 9.72. The minimum absolute atomic E-state index is 0.170. The van der Waals surface area contributed by atoms with E-state index in [1.54, 1.807) is 13.8 Å². The minimum atomic E-state index is -0.452. The number of rotatable bonds is 6. The van der Waals surface area contributed by atoms with Crippen LogP contribution in [0, 0.1) is 0 Å². The first-order chi connectivity index (χ1) is 13.2. The van der Waals surface area contributed by atoms with Gasteiger partial charge in [0.25, 0.3) is 0 Å². The highest BCUT2D eigenvalue weighted by Gasteiger charge is 2.07. The summed E-state index contributed by atoms with van der Waals surface area (Å²) in [6.45, 7) is 3.54. The molecule has 0 saturated heterocycles. The molecule has 2 rings (SSSR count). The SMILES string of the molecule is CC(C)=C(N/N=C/c1cc(O)c(O)cc1O)N/N=C/c1cc(O)c(O)cc1O. The molecule has 0 amide bonds. The van der Waals surface area contributed by atoms with Gasteiger partial charge in [0.05, 0.1) is 12.4 Å². The molecule has 0 unspecified atom stereocenters. The van der Waals surface area contributed by atoms with E-state index in [0.29, 0.717) is 5.82 Å². The second-order valence-corrected chi connectivity index (χ2v) is 5.91. The number of nitrogens with zero attached hydrogens (tertiary/aromatic N) is 2. The first-order valence-corrected chi connectivity index (χ1v) is 7.94. The van der Waals surface area contributed by atoms with E-state index >= 15 is 0 Å². The molecule has 0 aliphatic heterocycles. The predicted molar refractivity (Wildman–Crippen MR) is 103 cm³/mol. The Morgan fingerprint density at radius 2 is 1.00 bits per heavy atom. The fourth-order valence-electron chi connectivity index (χ4n) is 1.95. The molecule has 0 aromatic heterocycles. The van der Waals surface area contributed by atoms with Crippen LogP contribution in [0.1, 0.15) is 25.0 Å². The number of hydrogen-bond donors (Lipinski definition) is 8. The summed E-state index contributed by atoms with van der Waals surface area (Å²) in [7, 11) is 0. The minimum Gasteiger partial charge on any atom is -0.507 e. The molecule has 2 aromatic carbocycles. The molecule has 10 nitrogen and oxygen atoms in total.